The number of rotatable bonds is 12. The molecule has 8 nitrogen and oxygen atoms in total. The van der Waals surface area contributed by atoms with Crippen molar-refractivity contribution in [3.05, 3.63) is 179 Å². The van der Waals surface area contributed by atoms with Gasteiger partial charge in [-0.15, -0.1) is 15.0 Å². The van der Waals surface area contributed by atoms with Crippen LogP contribution in [0.15, 0.2) is 146 Å². The highest BCUT2D eigenvalue weighted by molar-refractivity contribution is 5.87. The molecule has 0 radical (unpaired) electrons. The first-order valence-corrected chi connectivity index (χ1v) is 17.0. The maximum Gasteiger partial charge on any atom is 0.358 e. The zero-order valence-corrected chi connectivity index (χ0v) is 28.2. The van der Waals surface area contributed by atoms with Crippen molar-refractivity contribution < 1.29 is 9.53 Å². The number of hydrogen-bond acceptors (Lipinski definition) is 6. The summed E-state index contributed by atoms with van der Waals surface area (Å²) in [5.41, 5.74) is 6.58. The third-order valence-electron chi connectivity index (χ3n) is 8.89. The fraction of sp³-hybridized carbons (Fsp3) is 0.167. The minimum atomic E-state index is -0.858. The highest BCUT2D eigenvalue weighted by Crippen LogP contribution is 2.40. The molecule has 0 bridgehead atoms. The number of benzene rings is 5. The van der Waals surface area contributed by atoms with Crippen molar-refractivity contribution in [1.29, 1.82) is 0 Å². The van der Waals surface area contributed by atoms with E-state index >= 15 is 0 Å². The van der Waals surface area contributed by atoms with Gasteiger partial charge in [-0.2, -0.15) is 0 Å². The molecular weight excluding hydrogens is 621 g/mol. The molecule has 0 atom stereocenters. The van der Waals surface area contributed by atoms with Gasteiger partial charge in [0.25, 0.3) is 0 Å². The maximum atomic E-state index is 12.4. The molecule has 0 saturated carbocycles. The molecule has 0 aliphatic carbocycles. The summed E-state index contributed by atoms with van der Waals surface area (Å²) < 4.78 is 7.23. The molecule has 2 heterocycles. The number of carbonyl (C=O) groups excluding carboxylic acids is 1. The number of hydrogen-bond donors (Lipinski definition) is 0. The van der Waals surface area contributed by atoms with Gasteiger partial charge in [-0.25, -0.2) is 9.78 Å². The Morgan fingerprint density at radius 2 is 1.26 bits per heavy atom. The Bertz CT molecular complexity index is 2080. The molecule has 0 spiro atoms. The van der Waals surface area contributed by atoms with Crippen molar-refractivity contribution in [2.24, 2.45) is 0 Å². The van der Waals surface area contributed by atoms with Crippen molar-refractivity contribution in [2.75, 3.05) is 6.61 Å². The molecule has 7 aromatic rings. The second-order valence-electron chi connectivity index (χ2n) is 12.1. The molecule has 0 aliphatic rings. The number of tetrazole rings is 1. The highest BCUT2D eigenvalue weighted by Gasteiger charge is 2.41. The minimum Gasteiger partial charge on any atom is -0.461 e. The molecule has 0 amide bonds. The Kier molecular flexibility index (Phi) is 9.42. The number of nitrogens with zero attached hydrogens (tertiary/aromatic N) is 6. The first-order valence-electron chi connectivity index (χ1n) is 17.0. The molecule has 8 heteroatoms. The Morgan fingerprint density at radius 1 is 0.700 bits per heavy atom. The second kappa shape index (κ2) is 14.5. The van der Waals surface area contributed by atoms with E-state index in [0.29, 0.717) is 24.7 Å². The Hall–Kier alpha value is -6.15. The quantitative estimate of drug-likeness (QED) is 0.0971. The number of ether oxygens (including phenoxy) is 1. The molecular formula is C42H38N6O2. The zero-order valence-electron chi connectivity index (χ0n) is 28.2. The number of esters is 1. The fourth-order valence-corrected chi connectivity index (χ4v) is 6.58. The lowest BCUT2D eigenvalue weighted by atomic mass is 9.77. The summed E-state index contributed by atoms with van der Waals surface area (Å²) in [5, 5.41) is 14.6. The topological polar surface area (TPSA) is 87.7 Å². The van der Waals surface area contributed by atoms with E-state index in [1.807, 2.05) is 77.4 Å². The summed E-state index contributed by atoms with van der Waals surface area (Å²) >= 11 is 0. The van der Waals surface area contributed by atoms with E-state index in [1.165, 1.54) is 0 Å². The summed E-state index contributed by atoms with van der Waals surface area (Å²) in [6.45, 7) is 4.82. The predicted octanol–water partition coefficient (Wildman–Crippen LogP) is 8.22. The third-order valence-corrected chi connectivity index (χ3v) is 8.89. The molecule has 0 unspecified atom stereocenters. The SMILES string of the molecule is CCCc1nc(C(=O)OCC)cn1Cc1ccc(-c2ccccc2-c2nnn(C(c3ccccc3)(c3ccccc3)c3ccccc3)n2)cc1. The van der Waals surface area contributed by atoms with Gasteiger partial charge < -0.3 is 9.30 Å². The van der Waals surface area contributed by atoms with Crippen LogP contribution >= 0.6 is 0 Å². The lowest BCUT2D eigenvalue weighted by Gasteiger charge is -2.34. The number of aromatic nitrogens is 6. The van der Waals surface area contributed by atoms with Gasteiger partial charge in [0.1, 0.15) is 5.82 Å². The normalized spacial score (nSPS) is 11.4. The van der Waals surface area contributed by atoms with E-state index in [4.69, 9.17) is 20.1 Å². The second-order valence-corrected chi connectivity index (χ2v) is 12.1. The molecule has 0 fully saturated rings. The summed E-state index contributed by atoms with van der Waals surface area (Å²) in [6.07, 6.45) is 3.50. The van der Waals surface area contributed by atoms with E-state index in [2.05, 4.69) is 78.6 Å². The molecule has 50 heavy (non-hydrogen) atoms. The van der Waals surface area contributed by atoms with Crippen LogP contribution in [0.4, 0.5) is 0 Å². The monoisotopic (exact) mass is 658 g/mol. The Labute approximate surface area is 292 Å². The van der Waals surface area contributed by atoms with Crippen LogP contribution < -0.4 is 0 Å². The van der Waals surface area contributed by atoms with Gasteiger partial charge in [0.15, 0.2) is 11.2 Å². The van der Waals surface area contributed by atoms with Gasteiger partial charge in [-0.1, -0.05) is 146 Å². The van der Waals surface area contributed by atoms with Crippen LogP contribution in [-0.2, 0) is 23.2 Å². The number of aryl methyl sites for hydroxylation is 1. The van der Waals surface area contributed by atoms with Gasteiger partial charge in [-0.3, -0.25) is 0 Å². The number of carbonyl (C=O) groups is 1. The van der Waals surface area contributed by atoms with Gasteiger partial charge >= 0.3 is 5.97 Å². The summed E-state index contributed by atoms with van der Waals surface area (Å²) in [6, 6.07) is 47.6. The summed E-state index contributed by atoms with van der Waals surface area (Å²) in [4.78, 5) is 18.7. The van der Waals surface area contributed by atoms with Crippen LogP contribution in [-0.4, -0.2) is 42.3 Å². The van der Waals surface area contributed by atoms with Crippen molar-refractivity contribution in [2.45, 2.75) is 38.8 Å². The average Bonchev–Trinajstić information content (AvgIpc) is 3.82. The minimum absolute atomic E-state index is 0.317. The van der Waals surface area contributed by atoms with Gasteiger partial charge in [-0.05, 0) is 51.9 Å². The van der Waals surface area contributed by atoms with E-state index in [1.54, 1.807) is 17.9 Å². The lowest BCUT2D eigenvalue weighted by molar-refractivity contribution is 0.0519. The van der Waals surface area contributed by atoms with Crippen LogP contribution in [0.1, 0.15) is 58.8 Å². The van der Waals surface area contributed by atoms with Gasteiger partial charge in [0.05, 0.1) is 6.61 Å². The smallest absolute Gasteiger partial charge is 0.358 e. The van der Waals surface area contributed by atoms with Crippen molar-refractivity contribution in [3.63, 3.8) is 0 Å². The van der Waals surface area contributed by atoms with E-state index in [-0.39, 0.29) is 0 Å². The summed E-state index contributed by atoms with van der Waals surface area (Å²) in [7, 11) is 0. The van der Waals surface area contributed by atoms with Crippen LogP contribution in [0.25, 0.3) is 22.5 Å². The first-order chi connectivity index (χ1) is 24.6. The van der Waals surface area contributed by atoms with Crippen LogP contribution in [0.5, 0.6) is 0 Å². The highest BCUT2D eigenvalue weighted by atomic mass is 16.5. The van der Waals surface area contributed by atoms with Crippen molar-refractivity contribution in [1.82, 2.24) is 29.8 Å². The molecule has 248 valence electrons. The van der Waals surface area contributed by atoms with Crippen LogP contribution in [0, 0.1) is 0 Å². The van der Waals surface area contributed by atoms with E-state index < -0.39 is 11.5 Å². The average molecular weight is 659 g/mol. The van der Waals surface area contributed by atoms with Crippen molar-refractivity contribution in [3.8, 4) is 22.5 Å². The zero-order chi connectivity index (χ0) is 34.3. The van der Waals surface area contributed by atoms with Gasteiger partial charge in [0.2, 0.25) is 5.82 Å². The third kappa shape index (κ3) is 6.23. The fourth-order valence-electron chi connectivity index (χ4n) is 6.58. The molecule has 2 aromatic heterocycles. The van der Waals surface area contributed by atoms with Gasteiger partial charge in [0, 0.05) is 24.7 Å². The van der Waals surface area contributed by atoms with Crippen LogP contribution in [0.3, 0.4) is 0 Å². The van der Waals surface area contributed by atoms with E-state index in [0.717, 1.165) is 57.6 Å². The maximum absolute atomic E-state index is 12.4. The standard InChI is InChI=1S/C42H38N6O2/c1-3-16-39-43-38(41(49)50-4-2)30-47(39)29-31-25-27-32(28-26-31)36-23-14-15-24-37(36)40-44-46-48(45-40)42(33-17-8-5-9-18-33,34-19-10-6-11-20-34)35-21-12-7-13-22-35/h5-15,17-28,30H,3-4,16,29H2,1-2H3. The number of imidazole rings is 1. The largest absolute Gasteiger partial charge is 0.461 e. The predicted molar refractivity (Wildman–Crippen MR) is 195 cm³/mol. The Morgan fingerprint density at radius 3 is 1.82 bits per heavy atom. The first kappa shape index (κ1) is 32.4. The summed E-state index contributed by atoms with van der Waals surface area (Å²) in [5.74, 6) is 1.01. The molecule has 0 saturated heterocycles. The molecule has 0 N–H and O–H groups in total. The molecule has 5 aromatic carbocycles. The molecule has 7 rings (SSSR count). The van der Waals surface area contributed by atoms with Crippen molar-refractivity contribution >= 4 is 5.97 Å². The molecule has 0 aliphatic heterocycles. The van der Waals surface area contributed by atoms with Crippen LogP contribution in [0.2, 0.25) is 0 Å². The van der Waals surface area contributed by atoms with E-state index in [9.17, 15) is 4.79 Å². The Balaban J connectivity index is 1.25. The lowest BCUT2D eigenvalue weighted by Crippen LogP contribution is -2.39.